The fraction of sp³-hybridized carbons (Fsp3) is 1.00. The van der Waals surface area contributed by atoms with Crippen molar-refractivity contribution in [1.29, 1.82) is 0 Å². The van der Waals surface area contributed by atoms with Gasteiger partial charge in [-0.2, -0.15) is 0 Å². The monoisotopic (exact) mass is 351 g/mol. The second-order valence-electron chi connectivity index (χ2n) is 11.3. The zero-order valence-electron chi connectivity index (χ0n) is 16.3. The van der Waals surface area contributed by atoms with Crippen molar-refractivity contribution in [2.24, 2.45) is 45.7 Å². The molecule has 4 heteroatoms. The summed E-state index contributed by atoms with van der Waals surface area (Å²) in [7, 11) is 0. The molecular weight excluding hydrogens is 314 g/mol. The average Bonchev–Trinajstić information content (AvgIpc) is 2.82. The van der Waals surface area contributed by atoms with Gasteiger partial charge in [-0.3, -0.25) is 0 Å². The average molecular weight is 352 g/mol. The van der Waals surface area contributed by atoms with E-state index >= 15 is 0 Å². The summed E-state index contributed by atoms with van der Waals surface area (Å²) in [6.07, 6.45) is 3.93. The summed E-state index contributed by atoms with van der Waals surface area (Å²) in [6.45, 7) is 9.49. The normalized spacial score (nSPS) is 56.6. The Hall–Kier alpha value is -0.160. The van der Waals surface area contributed by atoms with Gasteiger partial charge in [-0.15, -0.1) is 0 Å². The minimum Gasteiger partial charge on any atom is -0.392 e. The summed E-state index contributed by atoms with van der Waals surface area (Å²) < 4.78 is 0. The lowest BCUT2D eigenvalue weighted by molar-refractivity contribution is -0.0815. The maximum absolute atomic E-state index is 10.5. The highest BCUT2D eigenvalue weighted by Crippen LogP contribution is 2.74. The van der Waals surface area contributed by atoms with Gasteiger partial charge in [0.05, 0.1) is 18.3 Å². The molecule has 1 spiro atoms. The molecule has 25 heavy (non-hydrogen) atoms. The first-order valence-electron chi connectivity index (χ1n) is 10.3. The van der Waals surface area contributed by atoms with E-state index in [9.17, 15) is 15.3 Å². The summed E-state index contributed by atoms with van der Waals surface area (Å²) in [5, 5.41) is 31.3. The van der Waals surface area contributed by atoms with Crippen LogP contribution in [0.4, 0.5) is 0 Å². The van der Waals surface area contributed by atoms with Gasteiger partial charge in [0.15, 0.2) is 0 Å². The van der Waals surface area contributed by atoms with E-state index in [1.54, 1.807) is 0 Å². The Morgan fingerprint density at radius 2 is 1.04 bits per heavy atom. The molecule has 0 saturated heterocycles. The summed E-state index contributed by atoms with van der Waals surface area (Å²) in [5.41, 5.74) is 6.84. The molecule has 144 valence electrons. The van der Waals surface area contributed by atoms with Crippen LogP contribution in [0, 0.1) is 39.9 Å². The number of aliphatic hydroxyl groups is 3. The molecule has 9 unspecified atom stereocenters. The summed E-state index contributed by atoms with van der Waals surface area (Å²) >= 11 is 0. The number of hydrogen-bond donors (Lipinski definition) is 4. The predicted molar refractivity (Wildman–Crippen MR) is 97.7 cm³/mol. The van der Waals surface area contributed by atoms with Gasteiger partial charge in [0.2, 0.25) is 0 Å². The van der Waals surface area contributed by atoms with E-state index in [1.807, 2.05) is 0 Å². The van der Waals surface area contributed by atoms with E-state index in [0.717, 1.165) is 32.1 Å². The molecule has 0 aliphatic heterocycles. The summed E-state index contributed by atoms with van der Waals surface area (Å²) in [4.78, 5) is 0. The van der Waals surface area contributed by atoms with Crippen LogP contribution in [0.2, 0.25) is 0 Å². The van der Waals surface area contributed by atoms with Crippen LogP contribution in [-0.4, -0.2) is 39.7 Å². The number of aliphatic hydroxyl groups excluding tert-OH is 3. The zero-order valence-corrected chi connectivity index (χ0v) is 16.3. The minimum atomic E-state index is -0.593. The van der Waals surface area contributed by atoms with Crippen molar-refractivity contribution in [3.05, 3.63) is 0 Å². The van der Waals surface area contributed by atoms with Crippen molar-refractivity contribution in [2.45, 2.75) is 90.6 Å². The zero-order chi connectivity index (χ0) is 18.4. The van der Waals surface area contributed by atoms with Crippen molar-refractivity contribution in [3.63, 3.8) is 0 Å². The van der Waals surface area contributed by atoms with Crippen molar-refractivity contribution < 1.29 is 15.3 Å². The number of fused-ring (bicyclic) bond motifs is 4. The highest BCUT2D eigenvalue weighted by molar-refractivity contribution is 5.18. The Labute approximate surface area is 152 Å². The van der Waals surface area contributed by atoms with Crippen LogP contribution >= 0.6 is 0 Å². The van der Waals surface area contributed by atoms with Gasteiger partial charge in [-0.1, -0.05) is 27.7 Å². The topological polar surface area (TPSA) is 86.7 Å². The van der Waals surface area contributed by atoms with Gasteiger partial charge >= 0.3 is 0 Å². The molecule has 4 rings (SSSR count). The van der Waals surface area contributed by atoms with Crippen LogP contribution in [0.5, 0.6) is 0 Å². The molecule has 0 bridgehead atoms. The Balaban J connectivity index is 1.75. The van der Waals surface area contributed by atoms with Crippen molar-refractivity contribution >= 4 is 0 Å². The maximum Gasteiger partial charge on any atom is 0.0802 e. The molecule has 9 atom stereocenters. The molecule has 0 radical (unpaired) electrons. The Bertz CT molecular complexity index is 497. The third kappa shape index (κ3) is 2.47. The standard InChI is InChI=1S/C21H37NO3/c1-19(2)9-21(13-7-16(23)15(22)5-11(13)19)10-20(3,4)12-6-17(24)18(25)8-14(12)21/h11-18,23-25H,5-10,22H2,1-4H3. The molecule has 0 aromatic carbocycles. The lowest BCUT2D eigenvalue weighted by Gasteiger charge is -2.47. The van der Waals surface area contributed by atoms with Crippen LogP contribution in [0.15, 0.2) is 0 Å². The van der Waals surface area contributed by atoms with E-state index in [4.69, 9.17) is 5.73 Å². The van der Waals surface area contributed by atoms with E-state index < -0.39 is 18.3 Å². The molecule has 4 nitrogen and oxygen atoms in total. The molecule has 0 amide bonds. The van der Waals surface area contributed by atoms with E-state index in [1.165, 1.54) is 6.42 Å². The predicted octanol–water partition coefficient (Wildman–Crippen LogP) is 2.29. The molecule has 4 aliphatic rings. The Kier molecular flexibility index (Phi) is 3.96. The van der Waals surface area contributed by atoms with Crippen LogP contribution in [-0.2, 0) is 0 Å². The molecule has 0 aromatic heterocycles. The van der Waals surface area contributed by atoms with Crippen LogP contribution < -0.4 is 5.73 Å². The number of nitrogens with two attached hydrogens (primary N) is 1. The fourth-order valence-electron chi connectivity index (χ4n) is 8.20. The third-order valence-electron chi connectivity index (χ3n) is 8.98. The second kappa shape index (κ2) is 5.43. The lowest BCUT2D eigenvalue weighted by atomic mass is 9.59. The molecule has 4 aliphatic carbocycles. The molecular formula is C21H37NO3. The van der Waals surface area contributed by atoms with Crippen molar-refractivity contribution in [2.75, 3.05) is 0 Å². The quantitative estimate of drug-likeness (QED) is 0.539. The first-order chi connectivity index (χ1) is 11.5. The molecule has 4 fully saturated rings. The minimum absolute atomic E-state index is 0.0975. The van der Waals surface area contributed by atoms with Crippen LogP contribution in [0.25, 0.3) is 0 Å². The largest absolute Gasteiger partial charge is 0.392 e. The lowest BCUT2D eigenvalue weighted by Crippen LogP contribution is -2.49. The molecule has 5 N–H and O–H groups in total. The Morgan fingerprint density at radius 1 is 0.640 bits per heavy atom. The summed E-state index contributed by atoms with van der Waals surface area (Å²) in [5.74, 6) is 1.98. The van der Waals surface area contributed by atoms with Gasteiger partial charge < -0.3 is 21.1 Å². The third-order valence-corrected chi connectivity index (χ3v) is 8.98. The first kappa shape index (κ1) is 18.2. The number of rotatable bonds is 0. The first-order valence-corrected chi connectivity index (χ1v) is 10.3. The van der Waals surface area contributed by atoms with Gasteiger partial charge in [0, 0.05) is 6.04 Å². The van der Waals surface area contributed by atoms with Gasteiger partial charge in [-0.25, -0.2) is 0 Å². The van der Waals surface area contributed by atoms with Gasteiger partial charge in [-0.05, 0) is 78.4 Å². The van der Waals surface area contributed by atoms with Gasteiger partial charge in [0.1, 0.15) is 0 Å². The smallest absolute Gasteiger partial charge is 0.0802 e. The SMILES string of the molecule is CC1(C)CC2(CC(C)(C)C3CC(O)C(O)CC32)C2CC(O)C(N)CC21. The fourth-order valence-corrected chi connectivity index (χ4v) is 8.20. The van der Waals surface area contributed by atoms with E-state index in [2.05, 4.69) is 27.7 Å². The van der Waals surface area contributed by atoms with Crippen LogP contribution in [0.3, 0.4) is 0 Å². The van der Waals surface area contributed by atoms with E-state index in [0.29, 0.717) is 23.7 Å². The van der Waals surface area contributed by atoms with Crippen molar-refractivity contribution in [1.82, 2.24) is 0 Å². The Morgan fingerprint density at radius 3 is 1.56 bits per heavy atom. The van der Waals surface area contributed by atoms with E-state index in [-0.39, 0.29) is 22.3 Å². The summed E-state index contributed by atoms with van der Waals surface area (Å²) in [6, 6.07) is -0.0975. The maximum atomic E-state index is 10.5. The highest BCUT2D eigenvalue weighted by atomic mass is 16.3. The highest BCUT2D eigenvalue weighted by Gasteiger charge is 2.69. The molecule has 0 aromatic rings. The number of hydrogen-bond acceptors (Lipinski definition) is 4. The van der Waals surface area contributed by atoms with Crippen molar-refractivity contribution in [3.8, 4) is 0 Å². The molecule has 4 saturated carbocycles. The second-order valence-corrected chi connectivity index (χ2v) is 11.3. The van der Waals surface area contributed by atoms with Crippen LogP contribution in [0.1, 0.15) is 66.2 Å². The van der Waals surface area contributed by atoms with Gasteiger partial charge in [0.25, 0.3) is 0 Å². The molecule has 0 heterocycles.